The van der Waals surface area contributed by atoms with E-state index in [4.69, 9.17) is 0 Å². The van der Waals surface area contributed by atoms with Crippen molar-refractivity contribution in [1.29, 1.82) is 0 Å². The zero-order valence-corrected chi connectivity index (χ0v) is 35.1. The largest absolute Gasteiger partial charge is 0.309 e. The van der Waals surface area contributed by atoms with Crippen LogP contribution in [0.5, 0.6) is 0 Å². The van der Waals surface area contributed by atoms with Crippen LogP contribution in [0.3, 0.4) is 0 Å². The summed E-state index contributed by atoms with van der Waals surface area (Å²) in [6.45, 7) is 0. The van der Waals surface area contributed by atoms with Crippen molar-refractivity contribution >= 4 is 60.3 Å². The van der Waals surface area contributed by atoms with Crippen molar-refractivity contribution in [3.63, 3.8) is 0 Å². The second-order valence-electron chi connectivity index (χ2n) is 17.6. The first-order chi connectivity index (χ1) is 31.7. The van der Waals surface area contributed by atoms with Gasteiger partial charge in [0, 0.05) is 38.5 Å². The van der Waals surface area contributed by atoms with Crippen molar-refractivity contribution in [2.75, 3.05) is 0 Å². The van der Waals surface area contributed by atoms with Crippen LogP contribution >= 0.6 is 0 Å². The van der Waals surface area contributed by atoms with Crippen molar-refractivity contribution < 1.29 is 0 Å². The smallest absolute Gasteiger partial charge is 0.0620 e. The molecular formula is C62H40N2. The Morgan fingerprint density at radius 3 is 1.70 bits per heavy atom. The Bertz CT molecular complexity index is 3930. The summed E-state index contributed by atoms with van der Waals surface area (Å²) in [5.74, 6) is 0. The Kier molecular flexibility index (Phi) is 7.55. The molecule has 0 spiro atoms. The van der Waals surface area contributed by atoms with Gasteiger partial charge in [0.1, 0.15) is 0 Å². The molecule has 2 nitrogen and oxygen atoms in total. The summed E-state index contributed by atoms with van der Waals surface area (Å²) in [5, 5.41) is 8.89. The van der Waals surface area contributed by atoms with Gasteiger partial charge in [-0.15, -0.1) is 0 Å². The highest BCUT2D eigenvalue weighted by Crippen LogP contribution is 2.49. The Morgan fingerprint density at radius 1 is 0.328 bits per heavy atom. The molecule has 12 aromatic rings. The van der Waals surface area contributed by atoms with Gasteiger partial charge in [-0.25, -0.2) is 0 Å². The molecule has 3 heterocycles. The topological polar surface area (TPSA) is 9.86 Å². The van der Waals surface area contributed by atoms with Crippen LogP contribution in [0.4, 0.5) is 0 Å². The Balaban J connectivity index is 0.924. The highest BCUT2D eigenvalue weighted by atomic mass is 15.0. The van der Waals surface area contributed by atoms with E-state index < -0.39 is 0 Å². The molecule has 2 aliphatic rings. The molecular weight excluding hydrogens is 773 g/mol. The van der Waals surface area contributed by atoms with Gasteiger partial charge < -0.3 is 9.13 Å². The SMILES string of the molecule is C1=Cc2c(c3cc(-c4ccc(-c5cc6c7c(c5)c5ccccc5n7-c5ccccc5-c5cc7ccccc7cc5-6)cc4)ccc3n2-c2cc3ccccc3cc2-c2ccccc2)CC1. The third-order valence-corrected chi connectivity index (χ3v) is 14.1. The average Bonchev–Trinajstić information content (AvgIpc) is 3.84. The monoisotopic (exact) mass is 812 g/mol. The molecule has 0 fully saturated rings. The number of aromatic nitrogens is 2. The van der Waals surface area contributed by atoms with Crippen molar-refractivity contribution in [1.82, 2.24) is 9.13 Å². The number of hydrogen-bond acceptors (Lipinski definition) is 0. The summed E-state index contributed by atoms with van der Waals surface area (Å²) < 4.78 is 5.02. The quantitative estimate of drug-likeness (QED) is 0.168. The predicted molar refractivity (Wildman–Crippen MR) is 271 cm³/mol. The van der Waals surface area contributed by atoms with Crippen molar-refractivity contribution in [3.8, 4) is 67.0 Å². The van der Waals surface area contributed by atoms with Gasteiger partial charge in [-0.05, 0) is 146 Å². The van der Waals surface area contributed by atoms with Crippen LogP contribution in [0, 0.1) is 0 Å². The van der Waals surface area contributed by atoms with Crippen molar-refractivity contribution in [3.05, 3.63) is 224 Å². The maximum absolute atomic E-state index is 2.52. The Labute approximate surface area is 371 Å². The van der Waals surface area contributed by atoms with E-state index in [1.165, 1.54) is 133 Å². The lowest BCUT2D eigenvalue weighted by atomic mass is 9.89. The van der Waals surface area contributed by atoms with Crippen LogP contribution in [-0.4, -0.2) is 9.13 Å². The molecule has 0 amide bonds. The van der Waals surface area contributed by atoms with Gasteiger partial charge in [-0.1, -0.05) is 152 Å². The molecule has 0 unspecified atom stereocenters. The standard InChI is InChI=1S/C62H40N2/c1-2-14-41(15-3-1)51-32-42-16-6-7-19-45(42)38-61(51)63-57-23-11-9-21-49(57)54-35-46(30-31-60(54)63)39-26-28-40(29-27-39)47-36-55-50-22-10-13-25-59(50)64-58-24-12-8-20-48(58)52-33-43-17-4-5-18-44(43)34-53(52)56(37-47)62(55)64/h1-8,10-20,22-38H,9,21H2. The molecule has 0 N–H and O–H groups in total. The number of rotatable bonds is 4. The highest BCUT2D eigenvalue weighted by molar-refractivity contribution is 6.18. The van der Waals surface area contributed by atoms with Crippen molar-refractivity contribution in [2.45, 2.75) is 12.8 Å². The van der Waals surface area contributed by atoms with E-state index in [0.717, 1.165) is 12.8 Å². The number of para-hydroxylation sites is 2. The van der Waals surface area contributed by atoms with E-state index in [2.05, 4.69) is 228 Å². The number of hydrogen-bond donors (Lipinski definition) is 0. The first-order valence-electron chi connectivity index (χ1n) is 22.5. The maximum atomic E-state index is 2.52. The molecule has 10 aromatic carbocycles. The molecule has 1 aliphatic carbocycles. The van der Waals surface area contributed by atoms with Gasteiger partial charge in [0.05, 0.1) is 27.9 Å². The van der Waals surface area contributed by atoms with Crippen LogP contribution in [0.25, 0.3) is 127 Å². The van der Waals surface area contributed by atoms with E-state index in [-0.39, 0.29) is 0 Å². The lowest BCUT2D eigenvalue weighted by molar-refractivity contribution is 0.968. The van der Waals surface area contributed by atoms with E-state index in [1.807, 2.05) is 0 Å². The van der Waals surface area contributed by atoms with E-state index in [1.54, 1.807) is 0 Å². The van der Waals surface area contributed by atoms with Crippen LogP contribution in [0.2, 0.25) is 0 Å². The van der Waals surface area contributed by atoms with Crippen LogP contribution in [0.1, 0.15) is 17.7 Å². The zero-order chi connectivity index (χ0) is 41.9. The van der Waals surface area contributed by atoms with Gasteiger partial charge >= 0.3 is 0 Å². The first-order valence-corrected chi connectivity index (χ1v) is 22.5. The van der Waals surface area contributed by atoms with Gasteiger partial charge in [0.2, 0.25) is 0 Å². The summed E-state index contributed by atoms with van der Waals surface area (Å²) >= 11 is 0. The molecule has 0 atom stereocenters. The summed E-state index contributed by atoms with van der Waals surface area (Å²) in [6.07, 6.45) is 6.76. The molecule has 1 aliphatic heterocycles. The van der Waals surface area contributed by atoms with Crippen LogP contribution in [0.15, 0.2) is 212 Å². The Morgan fingerprint density at radius 2 is 0.922 bits per heavy atom. The van der Waals surface area contributed by atoms with Gasteiger partial charge in [-0.3, -0.25) is 0 Å². The minimum absolute atomic E-state index is 1.02. The van der Waals surface area contributed by atoms with Gasteiger partial charge in [-0.2, -0.15) is 0 Å². The normalized spacial score (nSPS) is 12.8. The number of allylic oxidation sites excluding steroid dienone is 1. The lowest BCUT2D eigenvalue weighted by Gasteiger charge is -2.18. The van der Waals surface area contributed by atoms with E-state index in [0.29, 0.717) is 0 Å². The number of aryl methyl sites for hydroxylation is 1. The fourth-order valence-corrected chi connectivity index (χ4v) is 11.1. The molecule has 0 radical (unpaired) electrons. The minimum Gasteiger partial charge on any atom is -0.309 e. The average molecular weight is 813 g/mol. The number of fused-ring (bicyclic) bond motifs is 13. The molecule has 0 saturated carbocycles. The maximum Gasteiger partial charge on any atom is 0.0620 e. The van der Waals surface area contributed by atoms with Crippen LogP contribution in [-0.2, 0) is 6.42 Å². The third-order valence-electron chi connectivity index (χ3n) is 14.1. The molecule has 64 heavy (non-hydrogen) atoms. The summed E-state index contributed by atoms with van der Waals surface area (Å²) in [7, 11) is 0. The predicted octanol–water partition coefficient (Wildman–Crippen LogP) is 16.6. The summed E-state index contributed by atoms with van der Waals surface area (Å²) in [5.41, 5.74) is 21.3. The molecule has 2 heteroatoms. The molecule has 2 aromatic heterocycles. The van der Waals surface area contributed by atoms with E-state index >= 15 is 0 Å². The van der Waals surface area contributed by atoms with Crippen LogP contribution < -0.4 is 0 Å². The lowest BCUT2D eigenvalue weighted by Crippen LogP contribution is -2.02. The third kappa shape index (κ3) is 5.20. The summed E-state index contributed by atoms with van der Waals surface area (Å²) in [6, 6.07) is 77.0. The second-order valence-corrected chi connectivity index (χ2v) is 17.6. The number of nitrogens with zero attached hydrogens (tertiary/aromatic N) is 2. The molecule has 0 bridgehead atoms. The second kappa shape index (κ2) is 13.6. The van der Waals surface area contributed by atoms with Gasteiger partial charge in [0.15, 0.2) is 0 Å². The first kappa shape index (κ1) is 35.4. The van der Waals surface area contributed by atoms with Gasteiger partial charge in [0.25, 0.3) is 0 Å². The molecule has 0 saturated heterocycles. The molecule has 298 valence electrons. The van der Waals surface area contributed by atoms with Crippen molar-refractivity contribution in [2.24, 2.45) is 0 Å². The van der Waals surface area contributed by atoms with E-state index in [9.17, 15) is 0 Å². The molecule has 14 rings (SSSR count). The minimum atomic E-state index is 1.02. The fraction of sp³-hybridized carbons (Fsp3) is 0.0323. The fourth-order valence-electron chi connectivity index (χ4n) is 11.1. The summed E-state index contributed by atoms with van der Waals surface area (Å²) in [4.78, 5) is 0. The number of benzene rings is 10. The highest BCUT2D eigenvalue weighted by Gasteiger charge is 2.26. The zero-order valence-electron chi connectivity index (χ0n) is 35.1. The Hall–Kier alpha value is -8.20.